The van der Waals surface area contributed by atoms with E-state index in [1.54, 1.807) is 0 Å². The minimum Gasteiger partial charge on any atom is -0.380 e. The number of hydrogen-bond donors (Lipinski definition) is 1. The maximum atomic E-state index is 5.46. The van der Waals surface area contributed by atoms with E-state index in [9.17, 15) is 0 Å². The Morgan fingerprint density at radius 2 is 2.16 bits per heavy atom. The van der Waals surface area contributed by atoms with E-state index in [2.05, 4.69) is 54.5 Å². The molecule has 0 spiro atoms. The fourth-order valence-corrected chi connectivity index (χ4v) is 2.70. The molecule has 3 nitrogen and oxygen atoms in total. The van der Waals surface area contributed by atoms with E-state index >= 15 is 0 Å². The van der Waals surface area contributed by atoms with Gasteiger partial charge in [0.1, 0.15) is 0 Å². The monoisotopic (exact) mass is 262 g/mol. The van der Waals surface area contributed by atoms with Crippen molar-refractivity contribution in [3.05, 3.63) is 35.9 Å². The minimum atomic E-state index is 0.455. The molecule has 2 rings (SSSR count). The topological polar surface area (TPSA) is 24.5 Å². The smallest absolute Gasteiger partial charge is 0.0622 e. The van der Waals surface area contributed by atoms with Crippen molar-refractivity contribution in [1.82, 2.24) is 10.2 Å². The third kappa shape index (κ3) is 4.30. The summed E-state index contributed by atoms with van der Waals surface area (Å²) in [5.41, 5.74) is 1.39. The zero-order valence-electron chi connectivity index (χ0n) is 12.1. The summed E-state index contributed by atoms with van der Waals surface area (Å²) in [5, 5.41) is 3.59. The zero-order chi connectivity index (χ0) is 13.5. The molecule has 1 N–H and O–H groups in total. The van der Waals surface area contributed by atoms with Crippen LogP contribution in [0.15, 0.2) is 30.3 Å². The number of likely N-dealkylation sites (N-methyl/N-ethyl adjacent to an activating group) is 1. The quantitative estimate of drug-likeness (QED) is 0.817. The molecule has 0 bridgehead atoms. The number of benzene rings is 1. The van der Waals surface area contributed by atoms with E-state index in [0.29, 0.717) is 12.1 Å². The normalized spacial score (nSPS) is 20.9. The summed E-state index contributed by atoms with van der Waals surface area (Å²) in [6.07, 6.45) is 2.32. The standard InChI is InChI=1S/C16H26N2O/c1-3-17-16(14-7-5-4-6-8-14)9-11-18(2)15-10-12-19-13-15/h4-8,15-17H,3,9-13H2,1-2H3. The average molecular weight is 262 g/mol. The molecule has 1 fully saturated rings. The predicted molar refractivity (Wildman–Crippen MR) is 79.3 cm³/mol. The maximum absolute atomic E-state index is 5.46. The lowest BCUT2D eigenvalue weighted by molar-refractivity contribution is 0.156. The number of rotatable bonds is 7. The van der Waals surface area contributed by atoms with E-state index in [1.807, 2.05) is 0 Å². The van der Waals surface area contributed by atoms with Crippen LogP contribution in [0, 0.1) is 0 Å². The van der Waals surface area contributed by atoms with Gasteiger partial charge in [-0.1, -0.05) is 37.3 Å². The summed E-state index contributed by atoms with van der Waals surface area (Å²) >= 11 is 0. The minimum absolute atomic E-state index is 0.455. The highest BCUT2D eigenvalue weighted by atomic mass is 16.5. The van der Waals surface area contributed by atoms with Crippen molar-refractivity contribution in [2.75, 3.05) is 33.4 Å². The molecular weight excluding hydrogens is 236 g/mol. The van der Waals surface area contributed by atoms with Gasteiger partial charge in [0, 0.05) is 25.2 Å². The number of nitrogens with zero attached hydrogens (tertiary/aromatic N) is 1. The third-order valence-corrected chi connectivity index (χ3v) is 3.95. The second-order valence-corrected chi connectivity index (χ2v) is 5.31. The van der Waals surface area contributed by atoms with Crippen molar-refractivity contribution in [1.29, 1.82) is 0 Å². The molecule has 3 heteroatoms. The van der Waals surface area contributed by atoms with E-state index in [0.717, 1.165) is 32.7 Å². The molecule has 1 saturated heterocycles. The predicted octanol–water partition coefficient (Wildman–Crippen LogP) is 2.45. The van der Waals surface area contributed by atoms with Crippen molar-refractivity contribution in [2.24, 2.45) is 0 Å². The van der Waals surface area contributed by atoms with E-state index < -0.39 is 0 Å². The first-order valence-electron chi connectivity index (χ1n) is 7.37. The summed E-state index contributed by atoms with van der Waals surface area (Å²) < 4.78 is 5.46. The van der Waals surface area contributed by atoms with Crippen LogP contribution in [0.4, 0.5) is 0 Å². The molecular formula is C16H26N2O. The number of nitrogens with one attached hydrogen (secondary N) is 1. The van der Waals surface area contributed by atoms with Gasteiger partial charge in [0.25, 0.3) is 0 Å². The van der Waals surface area contributed by atoms with Crippen molar-refractivity contribution in [2.45, 2.75) is 31.8 Å². The van der Waals surface area contributed by atoms with Gasteiger partial charge in [-0.15, -0.1) is 0 Å². The lowest BCUT2D eigenvalue weighted by Crippen LogP contribution is -2.35. The van der Waals surface area contributed by atoms with Gasteiger partial charge in [-0.05, 0) is 32.0 Å². The SMILES string of the molecule is CCNC(CCN(C)C1CCOC1)c1ccccc1. The van der Waals surface area contributed by atoms with Gasteiger partial charge in [0.2, 0.25) is 0 Å². The molecule has 1 aliphatic rings. The molecule has 0 aromatic heterocycles. The molecule has 19 heavy (non-hydrogen) atoms. The molecule has 0 radical (unpaired) electrons. The number of ether oxygens (including phenoxy) is 1. The molecule has 1 aromatic rings. The second kappa shape index (κ2) is 7.63. The van der Waals surface area contributed by atoms with Crippen molar-refractivity contribution in [3.63, 3.8) is 0 Å². The van der Waals surface area contributed by atoms with Gasteiger partial charge in [-0.25, -0.2) is 0 Å². The highest BCUT2D eigenvalue weighted by Gasteiger charge is 2.21. The van der Waals surface area contributed by atoms with Gasteiger partial charge in [0.05, 0.1) is 6.61 Å². The van der Waals surface area contributed by atoms with Crippen LogP contribution in [0.3, 0.4) is 0 Å². The Bertz CT molecular complexity index is 349. The third-order valence-electron chi connectivity index (χ3n) is 3.95. The first kappa shape index (κ1) is 14.5. The van der Waals surface area contributed by atoms with Crippen LogP contribution >= 0.6 is 0 Å². The Morgan fingerprint density at radius 1 is 1.37 bits per heavy atom. The van der Waals surface area contributed by atoms with E-state index in [-0.39, 0.29) is 0 Å². The molecule has 0 amide bonds. The maximum Gasteiger partial charge on any atom is 0.0622 e. The highest BCUT2D eigenvalue weighted by Crippen LogP contribution is 2.18. The Hall–Kier alpha value is -0.900. The summed E-state index contributed by atoms with van der Waals surface area (Å²) in [4.78, 5) is 2.44. The molecule has 0 saturated carbocycles. The zero-order valence-corrected chi connectivity index (χ0v) is 12.1. The summed E-state index contributed by atoms with van der Waals surface area (Å²) in [6.45, 7) is 6.11. The Balaban J connectivity index is 1.86. The van der Waals surface area contributed by atoms with Crippen LogP contribution in [0.5, 0.6) is 0 Å². The van der Waals surface area contributed by atoms with Gasteiger partial charge < -0.3 is 15.0 Å². The van der Waals surface area contributed by atoms with Crippen LogP contribution < -0.4 is 5.32 Å². The van der Waals surface area contributed by atoms with E-state index in [1.165, 1.54) is 12.0 Å². The van der Waals surface area contributed by atoms with Crippen LogP contribution in [-0.4, -0.2) is 44.3 Å². The van der Waals surface area contributed by atoms with Gasteiger partial charge in [0.15, 0.2) is 0 Å². The van der Waals surface area contributed by atoms with Crippen LogP contribution in [0.2, 0.25) is 0 Å². The fraction of sp³-hybridized carbons (Fsp3) is 0.625. The first-order chi connectivity index (χ1) is 9.31. The average Bonchev–Trinajstić information content (AvgIpc) is 2.98. The van der Waals surface area contributed by atoms with Crippen LogP contribution in [-0.2, 0) is 4.74 Å². The van der Waals surface area contributed by atoms with Crippen molar-refractivity contribution >= 4 is 0 Å². The van der Waals surface area contributed by atoms with Crippen LogP contribution in [0.1, 0.15) is 31.4 Å². The largest absolute Gasteiger partial charge is 0.380 e. The van der Waals surface area contributed by atoms with E-state index in [4.69, 9.17) is 4.74 Å². The summed E-state index contributed by atoms with van der Waals surface area (Å²) in [7, 11) is 2.22. The molecule has 2 atom stereocenters. The summed E-state index contributed by atoms with van der Waals surface area (Å²) in [6, 6.07) is 11.8. The Morgan fingerprint density at radius 3 is 2.79 bits per heavy atom. The molecule has 2 unspecified atom stereocenters. The Kier molecular flexibility index (Phi) is 5.83. The molecule has 0 aliphatic carbocycles. The fourth-order valence-electron chi connectivity index (χ4n) is 2.70. The second-order valence-electron chi connectivity index (χ2n) is 5.31. The molecule has 106 valence electrons. The molecule has 1 heterocycles. The summed E-state index contributed by atoms with van der Waals surface area (Å²) in [5.74, 6) is 0. The van der Waals surface area contributed by atoms with Crippen molar-refractivity contribution < 1.29 is 4.74 Å². The lowest BCUT2D eigenvalue weighted by atomic mass is 10.0. The van der Waals surface area contributed by atoms with Crippen molar-refractivity contribution in [3.8, 4) is 0 Å². The van der Waals surface area contributed by atoms with Gasteiger partial charge >= 0.3 is 0 Å². The van der Waals surface area contributed by atoms with Crippen LogP contribution in [0.25, 0.3) is 0 Å². The Labute approximate surface area is 116 Å². The van der Waals surface area contributed by atoms with Gasteiger partial charge in [-0.2, -0.15) is 0 Å². The molecule has 1 aliphatic heterocycles. The number of hydrogen-bond acceptors (Lipinski definition) is 3. The molecule has 1 aromatic carbocycles. The first-order valence-corrected chi connectivity index (χ1v) is 7.37. The highest BCUT2D eigenvalue weighted by molar-refractivity contribution is 5.18. The lowest BCUT2D eigenvalue weighted by Gasteiger charge is -2.26. The van der Waals surface area contributed by atoms with Gasteiger partial charge in [-0.3, -0.25) is 0 Å².